The largest absolute Gasteiger partial charge is 0.264 e. The summed E-state index contributed by atoms with van der Waals surface area (Å²) < 4.78 is 0. The number of pyridine rings is 1. The highest BCUT2D eigenvalue weighted by Gasteiger charge is 2.29. The predicted octanol–water partition coefficient (Wildman–Crippen LogP) is 2.23. The molecule has 1 aromatic rings. The number of rotatable bonds is 3. The van der Waals surface area contributed by atoms with Gasteiger partial charge in [0.15, 0.2) is 0 Å². The van der Waals surface area contributed by atoms with E-state index in [4.69, 9.17) is 11.6 Å². The molecule has 78 valence electrons. The van der Waals surface area contributed by atoms with Crippen LogP contribution in [0.1, 0.15) is 12.5 Å². The van der Waals surface area contributed by atoms with Gasteiger partial charge in [-0.3, -0.25) is 15.1 Å². The molecule has 1 unspecified atom stereocenters. The second-order valence-electron chi connectivity index (χ2n) is 2.93. The van der Waals surface area contributed by atoms with Gasteiger partial charge in [-0.05, 0) is 18.6 Å². The average Bonchev–Trinajstić information content (AvgIpc) is 2.04. The van der Waals surface area contributed by atoms with Crippen LogP contribution in [-0.4, -0.2) is 16.5 Å². The van der Waals surface area contributed by atoms with Crippen molar-refractivity contribution in [3.8, 4) is 0 Å². The molecule has 0 saturated carbocycles. The zero-order chi connectivity index (χ0) is 9.90. The Labute approximate surface area is 92.9 Å². The first-order valence-electron chi connectivity index (χ1n) is 3.73. The maximum absolute atomic E-state index is 10.3. The highest BCUT2D eigenvalue weighted by Crippen LogP contribution is 2.27. The third kappa shape index (κ3) is 3.47. The minimum Gasteiger partial charge on any atom is -0.264 e. The molecule has 0 aliphatic heterocycles. The smallest absolute Gasteiger partial charge is 0.226 e. The molecule has 0 N–H and O–H groups in total. The summed E-state index contributed by atoms with van der Waals surface area (Å²) in [6.07, 6.45) is 3.14. The molecule has 0 fully saturated rings. The minimum absolute atomic E-state index is 0. The summed E-state index contributed by atoms with van der Waals surface area (Å²) in [5.74, 6) is 0. The van der Waals surface area contributed by atoms with Crippen molar-refractivity contribution in [1.29, 1.82) is 0 Å². The molecule has 0 saturated heterocycles. The normalized spacial score (nSPS) is 13.9. The molecule has 0 radical (unpaired) electrons. The summed E-state index contributed by atoms with van der Waals surface area (Å²) in [5.41, 5.74) is 0.661. The van der Waals surface area contributed by atoms with E-state index >= 15 is 0 Å². The Morgan fingerprint density at radius 2 is 2.36 bits per heavy atom. The Morgan fingerprint density at radius 1 is 1.71 bits per heavy atom. The SMILES string of the molecule is CC(Cl)(C[N+](=O)[O-])c1cccnc1.Cl. The van der Waals surface area contributed by atoms with Crippen LogP contribution in [0.2, 0.25) is 0 Å². The van der Waals surface area contributed by atoms with E-state index in [1.54, 1.807) is 25.3 Å². The van der Waals surface area contributed by atoms with E-state index in [1.165, 1.54) is 6.20 Å². The molecule has 14 heavy (non-hydrogen) atoms. The average molecular weight is 237 g/mol. The first-order valence-corrected chi connectivity index (χ1v) is 4.11. The second kappa shape index (κ2) is 5.12. The van der Waals surface area contributed by atoms with Gasteiger partial charge in [-0.25, -0.2) is 0 Å². The lowest BCUT2D eigenvalue weighted by atomic mass is 10.0. The molecule has 0 bridgehead atoms. The zero-order valence-electron chi connectivity index (χ0n) is 7.51. The van der Waals surface area contributed by atoms with Crippen LogP contribution < -0.4 is 0 Å². The lowest BCUT2D eigenvalue weighted by Crippen LogP contribution is -2.24. The van der Waals surface area contributed by atoms with Crippen LogP contribution in [-0.2, 0) is 4.87 Å². The van der Waals surface area contributed by atoms with Gasteiger partial charge in [0, 0.05) is 17.3 Å². The number of hydrogen-bond acceptors (Lipinski definition) is 3. The van der Waals surface area contributed by atoms with Crippen LogP contribution in [0.3, 0.4) is 0 Å². The molecule has 1 rings (SSSR count). The fraction of sp³-hybridized carbons (Fsp3) is 0.375. The Bertz CT molecular complexity index is 303. The molecule has 0 aromatic carbocycles. The quantitative estimate of drug-likeness (QED) is 0.460. The molecule has 0 aliphatic carbocycles. The summed E-state index contributed by atoms with van der Waals surface area (Å²) in [4.78, 5) is 12.7. The fourth-order valence-electron chi connectivity index (χ4n) is 1.00. The summed E-state index contributed by atoms with van der Waals surface area (Å²) in [6, 6.07) is 3.43. The van der Waals surface area contributed by atoms with Gasteiger partial charge in [0.2, 0.25) is 6.54 Å². The van der Waals surface area contributed by atoms with E-state index in [2.05, 4.69) is 4.98 Å². The molecule has 1 atom stereocenters. The monoisotopic (exact) mass is 236 g/mol. The lowest BCUT2D eigenvalue weighted by molar-refractivity contribution is -0.485. The number of alkyl halides is 1. The van der Waals surface area contributed by atoms with Gasteiger partial charge in [-0.1, -0.05) is 6.07 Å². The number of aromatic nitrogens is 1. The van der Waals surface area contributed by atoms with Crippen molar-refractivity contribution in [2.24, 2.45) is 0 Å². The second-order valence-corrected chi connectivity index (χ2v) is 3.76. The highest BCUT2D eigenvalue weighted by atomic mass is 35.5. The summed E-state index contributed by atoms with van der Waals surface area (Å²) in [7, 11) is 0. The van der Waals surface area contributed by atoms with E-state index in [9.17, 15) is 10.1 Å². The Balaban J connectivity index is 0.00000169. The van der Waals surface area contributed by atoms with Gasteiger partial charge in [0.25, 0.3) is 0 Å². The Hall–Kier alpha value is -0.870. The van der Waals surface area contributed by atoms with E-state index in [0.717, 1.165) is 0 Å². The number of halogens is 2. The van der Waals surface area contributed by atoms with Gasteiger partial charge >= 0.3 is 0 Å². The molecule has 0 aliphatic rings. The molecule has 1 aromatic heterocycles. The molecule has 4 nitrogen and oxygen atoms in total. The van der Waals surface area contributed by atoms with Crippen LogP contribution in [0.25, 0.3) is 0 Å². The summed E-state index contributed by atoms with van der Waals surface area (Å²) in [6.45, 7) is 1.30. The Morgan fingerprint density at radius 3 is 2.79 bits per heavy atom. The topological polar surface area (TPSA) is 56.0 Å². The minimum atomic E-state index is -0.974. The lowest BCUT2D eigenvalue weighted by Gasteiger charge is -2.16. The van der Waals surface area contributed by atoms with Crippen molar-refractivity contribution in [1.82, 2.24) is 4.98 Å². The summed E-state index contributed by atoms with van der Waals surface area (Å²) >= 11 is 5.97. The first kappa shape index (κ1) is 13.1. The maximum Gasteiger partial charge on any atom is 0.226 e. The van der Waals surface area contributed by atoms with Crippen molar-refractivity contribution in [3.05, 3.63) is 40.2 Å². The van der Waals surface area contributed by atoms with Crippen LogP contribution >= 0.6 is 24.0 Å². The maximum atomic E-state index is 10.3. The molecular formula is C8H10Cl2N2O2. The number of hydrogen-bond donors (Lipinski definition) is 0. The van der Waals surface area contributed by atoms with Gasteiger partial charge in [0.05, 0.1) is 0 Å². The first-order chi connectivity index (χ1) is 6.02. The van der Waals surface area contributed by atoms with Gasteiger partial charge in [-0.2, -0.15) is 0 Å². The van der Waals surface area contributed by atoms with E-state index < -0.39 is 9.80 Å². The fourth-order valence-corrected chi connectivity index (χ4v) is 1.21. The molecule has 1 heterocycles. The van der Waals surface area contributed by atoms with Crippen LogP contribution in [0.4, 0.5) is 0 Å². The van der Waals surface area contributed by atoms with Crippen molar-refractivity contribution in [2.45, 2.75) is 11.8 Å². The molecule has 0 amide bonds. The number of nitro groups is 1. The third-order valence-corrected chi connectivity index (χ3v) is 2.03. The van der Waals surface area contributed by atoms with E-state index in [1.807, 2.05) is 0 Å². The van der Waals surface area contributed by atoms with Crippen molar-refractivity contribution in [3.63, 3.8) is 0 Å². The standard InChI is InChI=1S/C8H9ClN2O2.ClH/c1-8(9,6-11(12)13)7-3-2-4-10-5-7;/h2-5H,6H2,1H3;1H. The van der Waals surface area contributed by atoms with Crippen molar-refractivity contribution in [2.75, 3.05) is 6.54 Å². The van der Waals surface area contributed by atoms with Gasteiger partial charge < -0.3 is 0 Å². The van der Waals surface area contributed by atoms with Crippen molar-refractivity contribution >= 4 is 24.0 Å². The zero-order valence-corrected chi connectivity index (χ0v) is 9.09. The van der Waals surface area contributed by atoms with E-state index in [0.29, 0.717) is 5.56 Å². The predicted molar refractivity (Wildman–Crippen MR) is 56.6 cm³/mol. The van der Waals surface area contributed by atoms with Crippen LogP contribution in [0.15, 0.2) is 24.5 Å². The third-order valence-electron chi connectivity index (χ3n) is 1.69. The molecule has 0 spiro atoms. The van der Waals surface area contributed by atoms with E-state index in [-0.39, 0.29) is 19.0 Å². The van der Waals surface area contributed by atoms with Crippen LogP contribution in [0.5, 0.6) is 0 Å². The number of nitrogens with zero attached hydrogens (tertiary/aromatic N) is 2. The van der Waals surface area contributed by atoms with Gasteiger partial charge in [-0.15, -0.1) is 24.0 Å². The van der Waals surface area contributed by atoms with Gasteiger partial charge in [0.1, 0.15) is 4.87 Å². The molecular weight excluding hydrogens is 227 g/mol. The van der Waals surface area contributed by atoms with Crippen molar-refractivity contribution < 1.29 is 4.92 Å². The van der Waals surface area contributed by atoms with Crippen LogP contribution in [0, 0.1) is 10.1 Å². The summed E-state index contributed by atoms with van der Waals surface area (Å²) in [5, 5.41) is 10.3. The highest BCUT2D eigenvalue weighted by molar-refractivity contribution is 6.23. The Kier molecular flexibility index (Phi) is 4.80. The molecule has 6 heteroatoms.